The van der Waals surface area contributed by atoms with Crippen LogP contribution in [0.15, 0.2) is 42.7 Å². The second-order valence-corrected chi connectivity index (χ2v) is 2.37. The molecule has 0 amide bonds. The third-order valence-electron chi connectivity index (χ3n) is 1.44. The van der Waals surface area contributed by atoms with Crippen LogP contribution in [-0.2, 0) is 0 Å². The molecule has 0 aliphatic heterocycles. The van der Waals surface area contributed by atoms with E-state index in [4.69, 9.17) is 4.74 Å². The Morgan fingerprint density at radius 1 is 1.08 bits per heavy atom. The zero-order valence-corrected chi connectivity index (χ0v) is 6.84. The van der Waals surface area contributed by atoms with Gasteiger partial charge in [0.1, 0.15) is 5.75 Å². The number of aromatic nitrogens is 2. The summed E-state index contributed by atoms with van der Waals surface area (Å²) < 4.78 is 5.34. The molecular weight excluding hydrogens is 164 g/mol. The third kappa shape index (κ3) is 2.02. The van der Waals surface area contributed by atoms with Crippen LogP contribution in [0, 0.1) is 6.07 Å². The summed E-state index contributed by atoms with van der Waals surface area (Å²) in [5.74, 6) is 0.713. The van der Waals surface area contributed by atoms with Gasteiger partial charge in [0.05, 0.1) is 0 Å². The van der Waals surface area contributed by atoms with E-state index >= 15 is 0 Å². The summed E-state index contributed by atoms with van der Waals surface area (Å²) in [6.07, 6.45) is 3.27. The minimum absolute atomic E-state index is 0.355. The maximum atomic E-state index is 5.34. The van der Waals surface area contributed by atoms with Crippen LogP contribution in [-0.4, -0.2) is 9.97 Å². The van der Waals surface area contributed by atoms with Gasteiger partial charge in [0.2, 0.25) is 0 Å². The summed E-state index contributed by atoms with van der Waals surface area (Å²) in [5, 5.41) is 0. The van der Waals surface area contributed by atoms with Gasteiger partial charge in [0.15, 0.2) is 0 Å². The molecule has 0 fully saturated rings. The predicted molar refractivity (Wildman–Crippen MR) is 47.4 cm³/mol. The van der Waals surface area contributed by atoms with Crippen molar-refractivity contribution in [1.29, 1.82) is 0 Å². The van der Waals surface area contributed by atoms with Crippen molar-refractivity contribution in [3.05, 3.63) is 48.8 Å². The minimum atomic E-state index is 0.355. The zero-order valence-electron chi connectivity index (χ0n) is 6.84. The maximum absolute atomic E-state index is 5.34. The molecule has 13 heavy (non-hydrogen) atoms. The number of rotatable bonds is 2. The third-order valence-corrected chi connectivity index (χ3v) is 1.44. The second-order valence-electron chi connectivity index (χ2n) is 2.37. The molecule has 1 heterocycles. The quantitative estimate of drug-likeness (QED) is 0.693. The molecule has 3 heteroatoms. The van der Waals surface area contributed by atoms with Crippen molar-refractivity contribution in [3.8, 4) is 11.8 Å². The lowest BCUT2D eigenvalue weighted by atomic mass is 10.3. The first kappa shape index (κ1) is 7.73. The average Bonchev–Trinajstić information content (AvgIpc) is 2.21. The summed E-state index contributed by atoms with van der Waals surface area (Å²) in [7, 11) is 0. The second kappa shape index (κ2) is 3.67. The molecule has 0 spiro atoms. The molecular formula is C10H7N2O. The Labute approximate surface area is 76.0 Å². The van der Waals surface area contributed by atoms with E-state index in [-0.39, 0.29) is 0 Å². The number of nitrogens with zero attached hydrogens (tertiary/aromatic N) is 2. The van der Waals surface area contributed by atoms with Crippen molar-refractivity contribution in [2.75, 3.05) is 0 Å². The van der Waals surface area contributed by atoms with Gasteiger partial charge in [-0.3, -0.25) is 0 Å². The Kier molecular flexibility index (Phi) is 2.18. The van der Waals surface area contributed by atoms with Crippen LogP contribution >= 0.6 is 0 Å². The lowest BCUT2D eigenvalue weighted by molar-refractivity contribution is 0.442. The number of hydrogen-bond donors (Lipinski definition) is 0. The van der Waals surface area contributed by atoms with Crippen molar-refractivity contribution in [1.82, 2.24) is 9.97 Å². The molecule has 3 nitrogen and oxygen atoms in total. The molecule has 0 atom stereocenters. The van der Waals surface area contributed by atoms with E-state index in [9.17, 15) is 0 Å². The normalized spacial score (nSPS) is 9.54. The Morgan fingerprint density at radius 3 is 2.46 bits per heavy atom. The molecule has 0 bridgehead atoms. The fraction of sp³-hybridized carbons (Fsp3) is 0. The van der Waals surface area contributed by atoms with Crippen LogP contribution in [0.4, 0.5) is 0 Å². The molecule has 63 valence electrons. The molecule has 0 aliphatic rings. The SMILES string of the molecule is [c]1ccc(Oc2ncccn2)cc1. The first-order chi connectivity index (χ1) is 6.45. The van der Waals surface area contributed by atoms with E-state index in [1.165, 1.54) is 0 Å². The smallest absolute Gasteiger partial charge is 0.321 e. The average molecular weight is 171 g/mol. The minimum Gasteiger partial charge on any atom is -0.424 e. The van der Waals surface area contributed by atoms with Crippen LogP contribution in [0.5, 0.6) is 11.8 Å². The van der Waals surface area contributed by atoms with Crippen LogP contribution < -0.4 is 4.74 Å². The molecule has 0 aliphatic carbocycles. The fourth-order valence-corrected chi connectivity index (χ4v) is 0.883. The number of ether oxygens (including phenoxy) is 1. The molecule has 1 aromatic carbocycles. The van der Waals surface area contributed by atoms with Gasteiger partial charge < -0.3 is 4.74 Å². The van der Waals surface area contributed by atoms with E-state index in [2.05, 4.69) is 16.0 Å². The zero-order chi connectivity index (χ0) is 8.93. The van der Waals surface area contributed by atoms with Crippen LogP contribution in [0.2, 0.25) is 0 Å². The molecule has 0 N–H and O–H groups in total. The first-order valence-electron chi connectivity index (χ1n) is 3.86. The van der Waals surface area contributed by atoms with Crippen molar-refractivity contribution in [2.45, 2.75) is 0 Å². The highest BCUT2D eigenvalue weighted by Gasteiger charge is 1.95. The summed E-state index contributed by atoms with van der Waals surface area (Å²) in [5.41, 5.74) is 0. The van der Waals surface area contributed by atoms with E-state index < -0.39 is 0 Å². The summed E-state index contributed by atoms with van der Waals surface area (Å²) >= 11 is 0. The predicted octanol–water partition coefficient (Wildman–Crippen LogP) is 2.07. The topological polar surface area (TPSA) is 35.0 Å². The highest BCUT2D eigenvalue weighted by molar-refractivity contribution is 5.23. The Bertz CT molecular complexity index is 324. The molecule has 2 aromatic rings. The van der Waals surface area contributed by atoms with Gasteiger partial charge in [-0.1, -0.05) is 12.1 Å². The monoisotopic (exact) mass is 171 g/mol. The molecule has 2 rings (SSSR count). The largest absolute Gasteiger partial charge is 0.424 e. The molecule has 0 saturated heterocycles. The van der Waals surface area contributed by atoms with Crippen molar-refractivity contribution in [2.24, 2.45) is 0 Å². The van der Waals surface area contributed by atoms with Gasteiger partial charge in [0.25, 0.3) is 0 Å². The summed E-state index contributed by atoms with van der Waals surface area (Å²) in [6, 6.07) is 12.2. The Morgan fingerprint density at radius 2 is 1.77 bits per heavy atom. The van der Waals surface area contributed by atoms with Gasteiger partial charge in [-0.15, -0.1) is 0 Å². The van der Waals surface area contributed by atoms with Crippen LogP contribution in [0.25, 0.3) is 0 Å². The molecule has 0 unspecified atom stereocenters. The molecule has 0 saturated carbocycles. The lowest BCUT2D eigenvalue weighted by Crippen LogP contribution is -1.89. The summed E-state index contributed by atoms with van der Waals surface area (Å²) in [6.45, 7) is 0. The number of benzene rings is 1. The molecule has 1 aromatic heterocycles. The van der Waals surface area contributed by atoms with Crippen molar-refractivity contribution >= 4 is 0 Å². The van der Waals surface area contributed by atoms with Gasteiger partial charge in [0, 0.05) is 12.4 Å². The standard InChI is InChI=1S/C10H7N2O/c1-2-5-9(6-3-1)13-10-11-7-4-8-12-10/h2-8H. The fourth-order valence-electron chi connectivity index (χ4n) is 0.883. The Hall–Kier alpha value is -1.90. The van der Waals surface area contributed by atoms with Gasteiger partial charge in [-0.25, -0.2) is 9.97 Å². The van der Waals surface area contributed by atoms with Crippen molar-refractivity contribution in [3.63, 3.8) is 0 Å². The van der Waals surface area contributed by atoms with E-state index in [0.717, 1.165) is 0 Å². The highest BCUT2D eigenvalue weighted by atomic mass is 16.5. The first-order valence-corrected chi connectivity index (χ1v) is 3.86. The lowest BCUT2D eigenvalue weighted by Gasteiger charge is -2.00. The van der Waals surface area contributed by atoms with Gasteiger partial charge >= 0.3 is 6.01 Å². The van der Waals surface area contributed by atoms with Gasteiger partial charge in [-0.05, 0) is 24.3 Å². The van der Waals surface area contributed by atoms with E-state index in [0.29, 0.717) is 11.8 Å². The molecule has 1 radical (unpaired) electrons. The summed E-state index contributed by atoms with van der Waals surface area (Å²) in [4.78, 5) is 7.86. The Balaban J connectivity index is 2.16. The maximum Gasteiger partial charge on any atom is 0.321 e. The number of hydrogen-bond acceptors (Lipinski definition) is 3. The van der Waals surface area contributed by atoms with Crippen LogP contribution in [0.3, 0.4) is 0 Å². The van der Waals surface area contributed by atoms with Gasteiger partial charge in [-0.2, -0.15) is 0 Å². The van der Waals surface area contributed by atoms with E-state index in [1.807, 2.05) is 0 Å². The van der Waals surface area contributed by atoms with Crippen LogP contribution in [0.1, 0.15) is 0 Å². The van der Waals surface area contributed by atoms with E-state index in [1.54, 1.807) is 42.7 Å². The highest BCUT2D eigenvalue weighted by Crippen LogP contribution is 2.14. The van der Waals surface area contributed by atoms with Crippen molar-refractivity contribution < 1.29 is 4.74 Å².